The zero-order chi connectivity index (χ0) is 18.5. The van der Waals surface area contributed by atoms with Gasteiger partial charge >= 0.3 is 5.97 Å². The van der Waals surface area contributed by atoms with E-state index in [2.05, 4.69) is 14.9 Å². The van der Waals surface area contributed by atoms with E-state index >= 15 is 0 Å². The topological polar surface area (TPSA) is 95.8 Å². The summed E-state index contributed by atoms with van der Waals surface area (Å²) in [6.45, 7) is 4.06. The highest BCUT2D eigenvalue weighted by atomic mass is 16.5. The number of aliphatic hydroxyl groups excluding tert-OH is 1. The summed E-state index contributed by atoms with van der Waals surface area (Å²) in [5.41, 5.74) is 0.840. The van der Waals surface area contributed by atoms with E-state index in [0.29, 0.717) is 12.4 Å². The number of ether oxygens (including phenoxy) is 1. The largest absolute Gasteiger partial charge is 0.494 e. The van der Waals surface area contributed by atoms with Crippen LogP contribution in [0.2, 0.25) is 0 Å². The molecule has 1 aromatic carbocycles. The maximum atomic E-state index is 10.8. The van der Waals surface area contributed by atoms with Gasteiger partial charge in [0.05, 0.1) is 25.1 Å². The summed E-state index contributed by atoms with van der Waals surface area (Å²) in [4.78, 5) is 21.0. The van der Waals surface area contributed by atoms with Crippen LogP contribution in [-0.4, -0.2) is 45.8 Å². The number of aromatic carboxylic acids is 1. The van der Waals surface area contributed by atoms with Crippen molar-refractivity contribution in [3.63, 3.8) is 0 Å². The fourth-order valence-corrected chi connectivity index (χ4v) is 3.24. The van der Waals surface area contributed by atoms with E-state index in [0.717, 1.165) is 37.2 Å². The molecule has 26 heavy (non-hydrogen) atoms. The molecule has 0 amide bonds. The van der Waals surface area contributed by atoms with Crippen molar-refractivity contribution in [3.05, 3.63) is 47.9 Å². The minimum Gasteiger partial charge on any atom is -0.494 e. The normalized spacial score (nSPS) is 16.3. The molecule has 2 heterocycles. The number of carboxylic acid groups (broad SMARTS) is 1. The molecule has 0 spiro atoms. The highest BCUT2D eigenvalue weighted by Crippen LogP contribution is 2.32. The third-order valence-electron chi connectivity index (χ3n) is 4.70. The second kappa shape index (κ2) is 8.14. The molecule has 1 fully saturated rings. The van der Waals surface area contributed by atoms with Gasteiger partial charge in [0.2, 0.25) is 0 Å². The number of benzene rings is 1. The smallest absolute Gasteiger partial charge is 0.356 e. The van der Waals surface area contributed by atoms with Gasteiger partial charge in [0.1, 0.15) is 11.6 Å². The van der Waals surface area contributed by atoms with Gasteiger partial charge in [-0.05, 0) is 43.4 Å². The highest BCUT2D eigenvalue weighted by molar-refractivity contribution is 5.84. The molecule has 0 radical (unpaired) electrons. The molecule has 1 unspecified atom stereocenters. The third kappa shape index (κ3) is 4.11. The minimum atomic E-state index is -1.08. The molecular weight excluding hydrogens is 334 g/mol. The standard InChI is InChI=1S/C19H23N3O4/c1-2-26-15-5-3-13(4-6-15)18(23)14-7-9-22(10-8-14)17-12-20-16(11-21-17)19(24)25/h3-6,11-12,14,18,23H,2,7-10H2,1H3,(H,24,25). The molecule has 0 saturated carbocycles. The predicted molar refractivity (Wildman–Crippen MR) is 96.5 cm³/mol. The summed E-state index contributed by atoms with van der Waals surface area (Å²) in [6.07, 6.45) is 3.92. The highest BCUT2D eigenvalue weighted by Gasteiger charge is 2.27. The van der Waals surface area contributed by atoms with Crippen LogP contribution in [-0.2, 0) is 0 Å². The Balaban J connectivity index is 1.58. The van der Waals surface area contributed by atoms with E-state index in [9.17, 15) is 9.90 Å². The zero-order valence-electron chi connectivity index (χ0n) is 14.7. The fraction of sp³-hybridized carbons (Fsp3) is 0.421. The lowest BCUT2D eigenvalue weighted by Gasteiger charge is -2.34. The molecule has 1 saturated heterocycles. The lowest BCUT2D eigenvalue weighted by atomic mass is 9.87. The Hall–Kier alpha value is -2.67. The van der Waals surface area contributed by atoms with Crippen molar-refractivity contribution in [2.24, 2.45) is 5.92 Å². The molecule has 138 valence electrons. The minimum absolute atomic E-state index is 0.0606. The third-order valence-corrected chi connectivity index (χ3v) is 4.70. The van der Waals surface area contributed by atoms with E-state index in [4.69, 9.17) is 9.84 Å². The number of aliphatic hydroxyl groups is 1. The van der Waals surface area contributed by atoms with Crippen molar-refractivity contribution in [1.29, 1.82) is 0 Å². The molecule has 2 N–H and O–H groups in total. The van der Waals surface area contributed by atoms with Crippen LogP contribution in [0.5, 0.6) is 5.75 Å². The van der Waals surface area contributed by atoms with E-state index < -0.39 is 12.1 Å². The Bertz CT molecular complexity index is 725. The molecule has 1 aliphatic rings. The van der Waals surface area contributed by atoms with Gasteiger partial charge in [-0.1, -0.05) is 12.1 Å². The SMILES string of the molecule is CCOc1ccc(C(O)C2CCN(c3cnc(C(=O)O)cn3)CC2)cc1. The molecule has 7 heteroatoms. The number of hydrogen-bond acceptors (Lipinski definition) is 6. The Kier molecular flexibility index (Phi) is 5.68. The van der Waals surface area contributed by atoms with E-state index in [1.807, 2.05) is 31.2 Å². The average Bonchev–Trinajstić information content (AvgIpc) is 2.68. The van der Waals surface area contributed by atoms with Gasteiger partial charge in [-0.25, -0.2) is 14.8 Å². The van der Waals surface area contributed by atoms with Gasteiger partial charge < -0.3 is 19.8 Å². The molecule has 7 nitrogen and oxygen atoms in total. The molecule has 1 aliphatic heterocycles. The van der Waals surface area contributed by atoms with Crippen molar-refractivity contribution < 1.29 is 19.7 Å². The molecule has 0 aliphatic carbocycles. The molecule has 1 atom stereocenters. The number of hydrogen-bond donors (Lipinski definition) is 2. The van der Waals surface area contributed by atoms with Gasteiger partial charge in [0, 0.05) is 13.1 Å². The number of anilines is 1. The molecular formula is C19H23N3O4. The lowest BCUT2D eigenvalue weighted by Crippen LogP contribution is -2.36. The Morgan fingerprint density at radius 2 is 1.92 bits per heavy atom. The van der Waals surface area contributed by atoms with Crippen LogP contribution in [0.15, 0.2) is 36.7 Å². The van der Waals surface area contributed by atoms with Crippen molar-refractivity contribution >= 4 is 11.8 Å². The molecule has 1 aromatic heterocycles. The maximum absolute atomic E-state index is 10.8. The fourth-order valence-electron chi connectivity index (χ4n) is 3.24. The van der Waals surface area contributed by atoms with E-state index in [1.54, 1.807) is 0 Å². The first-order chi connectivity index (χ1) is 12.6. The first-order valence-corrected chi connectivity index (χ1v) is 8.79. The predicted octanol–water partition coefficient (Wildman–Crippen LogP) is 2.52. The van der Waals surface area contributed by atoms with Gasteiger partial charge in [0.15, 0.2) is 5.69 Å². The van der Waals surface area contributed by atoms with Gasteiger partial charge in [-0.2, -0.15) is 0 Å². The number of aromatic nitrogens is 2. The Morgan fingerprint density at radius 1 is 1.23 bits per heavy atom. The van der Waals surface area contributed by atoms with E-state index in [1.165, 1.54) is 12.4 Å². The second-order valence-electron chi connectivity index (χ2n) is 6.34. The van der Waals surface area contributed by atoms with Crippen LogP contribution in [0.3, 0.4) is 0 Å². The zero-order valence-corrected chi connectivity index (χ0v) is 14.7. The summed E-state index contributed by atoms with van der Waals surface area (Å²) in [5.74, 6) is 0.572. The number of piperidine rings is 1. The number of nitrogens with zero attached hydrogens (tertiary/aromatic N) is 3. The molecule has 3 rings (SSSR count). The maximum Gasteiger partial charge on any atom is 0.356 e. The van der Waals surface area contributed by atoms with Crippen molar-refractivity contribution in [2.45, 2.75) is 25.9 Å². The second-order valence-corrected chi connectivity index (χ2v) is 6.34. The number of carbonyl (C=O) groups is 1. The quantitative estimate of drug-likeness (QED) is 0.820. The van der Waals surface area contributed by atoms with Crippen LogP contribution in [0.25, 0.3) is 0 Å². The summed E-state index contributed by atoms with van der Waals surface area (Å²) in [6, 6.07) is 7.60. The Morgan fingerprint density at radius 3 is 2.46 bits per heavy atom. The van der Waals surface area contributed by atoms with Crippen LogP contribution in [0.1, 0.15) is 41.9 Å². The van der Waals surface area contributed by atoms with E-state index in [-0.39, 0.29) is 11.6 Å². The number of rotatable bonds is 6. The number of carboxylic acids is 1. The van der Waals surface area contributed by atoms with Crippen LogP contribution in [0, 0.1) is 5.92 Å². The van der Waals surface area contributed by atoms with Gasteiger partial charge in [0.25, 0.3) is 0 Å². The summed E-state index contributed by atoms with van der Waals surface area (Å²) < 4.78 is 5.43. The Labute approximate surface area is 152 Å². The van der Waals surface area contributed by atoms with Gasteiger partial charge in [-0.15, -0.1) is 0 Å². The first kappa shape index (κ1) is 18.1. The average molecular weight is 357 g/mol. The summed E-state index contributed by atoms with van der Waals surface area (Å²) in [7, 11) is 0. The first-order valence-electron chi connectivity index (χ1n) is 8.79. The van der Waals surface area contributed by atoms with Crippen molar-refractivity contribution in [3.8, 4) is 5.75 Å². The van der Waals surface area contributed by atoms with Crippen LogP contribution < -0.4 is 9.64 Å². The molecule has 0 bridgehead atoms. The summed E-state index contributed by atoms with van der Waals surface area (Å²) >= 11 is 0. The van der Waals surface area contributed by atoms with Crippen molar-refractivity contribution in [2.75, 3.05) is 24.6 Å². The van der Waals surface area contributed by atoms with Crippen molar-refractivity contribution in [1.82, 2.24) is 9.97 Å². The summed E-state index contributed by atoms with van der Waals surface area (Å²) in [5, 5.41) is 19.6. The van der Waals surface area contributed by atoms with Crippen LogP contribution >= 0.6 is 0 Å². The monoisotopic (exact) mass is 357 g/mol. The molecule has 2 aromatic rings. The lowest BCUT2D eigenvalue weighted by molar-refractivity contribution is 0.0690. The van der Waals surface area contributed by atoms with Crippen LogP contribution in [0.4, 0.5) is 5.82 Å². The van der Waals surface area contributed by atoms with Gasteiger partial charge in [-0.3, -0.25) is 0 Å².